The number of unbranched alkanes of at least 4 members (excludes halogenated alkanes) is 1. The lowest BCUT2D eigenvalue weighted by molar-refractivity contribution is 0.0291. The number of carbonyl (C=O) groups excluding carboxylic acids is 1. The van der Waals surface area contributed by atoms with E-state index in [0.717, 1.165) is 18.6 Å². The maximum Gasteiger partial charge on any atom is 0.274 e. The molecule has 0 saturated carbocycles. The van der Waals surface area contributed by atoms with Crippen LogP contribution in [-0.2, 0) is 4.84 Å². The van der Waals surface area contributed by atoms with Gasteiger partial charge in [-0.1, -0.05) is 35.9 Å². The van der Waals surface area contributed by atoms with E-state index in [-0.39, 0.29) is 5.91 Å². The Kier molecular flexibility index (Phi) is 6.45. The molecule has 22 heavy (non-hydrogen) atoms. The summed E-state index contributed by atoms with van der Waals surface area (Å²) < 4.78 is 5.62. The number of ether oxygens (including phenoxy) is 1. The van der Waals surface area contributed by atoms with Gasteiger partial charge in [-0.05, 0) is 44.0 Å². The fourth-order valence-corrected chi connectivity index (χ4v) is 1.87. The molecule has 0 heterocycles. The van der Waals surface area contributed by atoms with Crippen molar-refractivity contribution in [1.82, 2.24) is 5.48 Å². The first-order chi connectivity index (χ1) is 10.8. The van der Waals surface area contributed by atoms with Crippen LogP contribution in [0, 0.1) is 6.92 Å². The maximum absolute atomic E-state index is 11.7. The molecule has 2 aromatic rings. The Bertz CT molecular complexity index is 567. The molecule has 2 rings (SSSR count). The Hall–Kier alpha value is -2.33. The van der Waals surface area contributed by atoms with Gasteiger partial charge < -0.3 is 4.74 Å². The second-order valence-electron chi connectivity index (χ2n) is 5.01. The summed E-state index contributed by atoms with van der Waals surface area (Å²) >= 11 is 0. The van der Waals surface area contributed by atoms with Gasteiger partial charge in [0.1, 0.15) is 5.75 Å². The van der Waals surface area contributed by atoms with Crippen LogP contribution >= 0.6 is 0 Å². The molecule has 2 aromatic carbocycles. The summed E-state index contributed by atoms with van der Waals surface area (Å²) in [5.74, 6) is 0.653. The minimum atomic E-state index is -0.225. The lowest BCUT2D eigenvalue weighted by Gasteiger charge is -2.07. The minimum absolute atomic E-state index is 0.225. The number of hydroxylamine groups is 1. The van der Waals surface area contributed by atoms with Gasteiger partial charge in [0.25, 0.3) is 5.91 Å². The number of benzene rings is 2. The van der Waals surface area contributed by atoms with Gasteiger partial charge in [0.2, 0.25) is 0 Å². The number of hydrogen-bond acceptors (Lipinski definition) is 3. The Morgan fingerprint density at radius 3 is 2.36 bits per heavy atom. The van der Waals surface area contributed by atoms with E-state index in [9.17, 15) is 4.79 Å². The fourth-order valence-electron chi connectivity index (χ4n) is 1.87. The van der Waals surface area contributed by atoms with Gasteiger partial charge in [-0.15, -0.1) is 0 Å². The molecule has 4 heteroatoms. The van der Waals surface area contributed by atoms with Crippen LogP contribution in [0.4, 0.5) is 0 Å². The molecule has 0 spiro atoms. The van der Waals surface area contributed by atoms with Crippen molar-refractivity contribution in [3.63, 3.8) is 0 Å². The molecule has 0 fully saturated rings. The van der Waals surface area contributed by atoms with Crippen LogP contribution in [0.25, 0.3) is 0 Å². The van der Waals surface area contributed by atoms with Gasteiger partial charge in [-0.25, -0.2) is 5.48 Å². The smallest absolute Gasteiger partial charge is 0.274 e. The summed E-state index contributed by atoms with van der Waals surface area (Å²) in [6.45, 7) is 3.15. The van der Waals surface area contributed by atoms with Crippen LogP contribution in [0.15, 0.2) is 54.6 Å². The molecule has 4 nitrogen and oxygen atoms in total. The number of rotatable bonds is 8. The van der Waals surface area contributed by atoms with Gasteiger partial charge in [0.15, 0.2) is 0 Å². The number of hydrogen-bond donors (Lipinski definition) is 1. The third kappa shape index (κ3) is 5.58. The van der Waals surface area contributed by atoms with Crippen molar-refractivity contribution in [3.05, 3.63) is 65.7 Å². The highest BCUT2D eigenvalue weighted by Gasteiger charge is 2.03. The number of aryl methyl sites for hydroxylation is 1. The predicted molar refractivity (Wildman–Crippen MR) is 85.8 cm³/mol. The molecule has 1 amide bonds. The largest absolute Gasteiger partial charge is 0.494 e. The molecule has 0 aliphatic rings. The van der Waals surface area contributed by atoms with Crippen LogP contribution in [-0.4, -0.2) is 19.1 Å². The highest BCUT2D eigenvalue weighted by molar-refractivity contribution is 5.93. The third-order valence-corrected chi connectivity index (χ3v) is 3.13. The highest BCUT2D eigenvalue weighted by atomic mass is 16.6. The third-order valence-electron chi connectivity index (χ3n) is 3.13. The van der Waals surface area contributed by atoms with Crippen molar-refractivity contribution in [2.75, 3.05) is 13.2 Å². The van der Waals surface area contributed by atoms with E-state index in [0.29, 0.717) is 18.8 Å². The van der Waals surface area contributed by atoms with Gasteiger partial charge >= 0.3 is 0 Å². The first-order valence-corrected chi connectivity index (χ1v) is 7.42. The summed E-state index contributed by atoms with van der Waals surface area (Å²) in [5.41, 5.74) is 4.24. The summed E-state index contributed by atoms with van der Waals surface area (Å²) in [6.07, 6.45) is 1.69. The Labute approximate surface area is 131 Å². The van der Waals surface area contributed by atoms with E-state index in [1.54, 1.807) is 12.1 Å². The molecular weight excluding hydrogens is 278 g/mol. The number of amides is 1. The van der Waals surface area contributed by atoms with E-state index in [1.165, 1.54) is 5.56 Å². The lowest BCUT2D eigenvalue weighted by atomic mass is 10.2. The van der Waals surface area contributed by atoms with Gasteiger partial charge in [0.05, 0.1) is 13.2 Å². The van der Waals surface area contributed by atoms with Gasteiger partial charge in [0, 0.05) is 5.56 Å². The molecule has 0 aliphatic heterocycles. The van der Waals surface area contributed by atoms with E-state index in [1.807, 2.05) is 49.4 Å². The van der Waals surface area contributed by atoms with Crippen molar-refractivity contribution in [1.29, 1.82) is 0 Å². The SMILES string of the molecule is Cc1ccc(OCCCCONC(=O)c2ccccc2)cc1. The van der Waals surface area contributed by atoms with E-state index < -0.39 is 0 Å². The predicted octanol–water partition coefficient (Wildman–Crippen LogP) is 3.52. The monoisotopic (exact) mass is 299 g/mol. The van der Waals surface area contributed by atoms with Gasteiger partial charge in [-0.2, -0.15) is 0 Å². The average Bonchev–Trinajstić information content (AvgIpc) is 2.56. The molecule has 0 saturated heterocycles. The second-order valence-corrected chi connectivity index (χ2v) is 5.01. The van der Waals surface area contributed by atoms with Crippen LogP contribution in [0.3, 0.4) is 0 Å². The van der Waals surface area contributed by atoms with Crippen molar-refractivity contribution in [2.45, 2.75) is 19.8 Å². The fraction of sp³-hybridized carbons (Fsp3) is 0.278. The van der Waals surface area contributed by atoms with Crippen LogP contribution in [0.5, 0.6) is 5.75 Å². The quantitative estimate of drug-likeness (QED) is 0.599. The van der Waals surface area contributed by atoms with Crippen molar-refractivity contribution >= 4 is 5.91 Å². The molecule has 116 valence electrons. The standard InChI is InChI=1S/C18H21NO3/c1-15-9-11-17(12-10-15)21-13-5-6-14-22-19-18(20)16-7-3-2-4-8-16/h2-4,7-12H,5-6,13-14H2,1H3,(H,19,20). The first-order valence-electron chi connectivity index (χ1n) is 7.42. The molecule has 0 aliphatic carbocycles. The van der Waals surface area contributed by atoms with Crippen LogP contribution in [0.1, 0.15) is 28.8 Å². The van der Waals surface area contributed by atoms with Gasteiger partial charge in [-0.3, -0.25) is 9.63 Å². The van der Waals surface area contributed by atoms with E-state index >= 15 is 0 Å². The Balaban J connectivity index is 1.52. The first kappa shape index (κ1) is 16.0. The molecule has 0 unspecified atom stereocenters. The molecule has 0 bridgehead atoms. The Morgan fingerprint density at radius 1 is 0.955 bits per heavy atom. The topological polar surface area (TPSA) is 47.6 Å². The highest BCUT2D eigenvalue weighted by Crippen LogP contribution is 2.11. The van der Waals surface area contributed by atoms with Crippen molar-refractivity contribution in [3.8, 4) is 5.75 Å². The normalized spacial score (nSPS) is 10.2. The zero-order chi connectivity index (χ0) is 15.6. The van der Waals surface area contributed by atoms with E-state index in [2.05, 4.69) is 5.48 Å². The Morgan fingerprint density at radius 2 is 1.64 bits per heavy atom. The zero-order valence-corrected chi connectivity index (χ0v) is 12.7. The van der Waals surface area contributed by atoms with Crippen molar-refractivity contribution in [2.24, 2.45) is 0 Å². The lowest BCUT2D eigenvalue weighted by Crippen LogP contribution is -2.24. The van der Waals surface area contributed by atoms with Crippen LogP contribution < -0.4 is 10.2 Å². The van der Waals surface area contributed by atoms with E-state index in [4.69, 9.17) is 9.57 Å². The summed E-state index contributed by atoms with van der Waals surface area (Å²) in [6, 6.07) is 17.0. The second kappa shape index (κ2) is 8.85. The molecule has 0 radical (unpaired) electrons. The minimum Gasteiger partial charge on any atom is -0.494 e. The molecule has 0 atom stereocenters. The average molecular weight is 299 g/mol. The molecule has 0 aromatic heterocycles. The number of carbonyl (C=O) groups is 1. The molecule has 1 N–H and O–H groups in total. The summed E-state index contributed by atoms with van der Waals surface area (Å²) in [7, 11) is 0. The summed E-state index contributed by atoms with van der Waals surface area (Å²) in [4.78, 5) is 16.8. The zero-order valence-electron chi connectivity index (χ0n) is 12.7. The van der Waals surface area contributed by atoms with Crippen LogP contribution in [0.2, 0.25) is 0 Å². The molecular formula is C18H21NO3. The summed E-state index contributed by atoms with van der Waals surface area (Å²) in [5, 5.41) is 0. The maximum atomic E-state index is 11.7. The van der Waals surface area contributed by atoms with Crippen molar-refractivity contribution < 1.29 is 14.4 Å². The number of nitrogens with one attached hydrogen (secondary N) is 1.